The van der Waals surface area contributed by atoms with Gasteiger partial charge in [-0.25, -0.2) is 0 Å². The molecule has 0 atom stereocenters. The monoisotopic (exact) mass is 252 g/mol. The number of nitro groups is 1. The average Bonchev–Trinajstić information content (AvgIpc) is 2.80. The van der Waals surface area contributed by atoms with E-state index in [0.29, 0.717) is 10.6 Å². The lowest BCUT2D eigenvalue weighted by atomic mass is 10.2. The van der Waals surface area contributed by atoms with Crippen LogP contribution in [-0.4, -0.2) is 22.9 Å². The molecular formula is C12H13ClN2O2. The number of rotatable bonds is 3. The van der Waals surface area contributed by atoms with E-state index in [0.717, 1.165) is 13.1 Å². The molecule has 17 heavy (non-hydrogen) atoms. The molecule has 0 aliphatic carbocycles. The van der Waals surface area contributed by atoms with E-state index >= 15 is 0 Å². The summed E-state index contributed by atoms with van der Waals surface area (Å²) < 4.78 is 0. The fourth-order valence-electron chi connectivity index (χ4n) is 1.92. The van der Waals surface area contributed by atoms with Crippen LogP contribution in [-0.2, 0) is 0 Å². The summed E-state index contributed by atoms with van der Waals surface area (Å²) >= 11 is 5.98. The maximum Gasteiger partial charge on any atom is 0.278 e. The van der Waals surface area contributed by atoms with E-state index in [-0.39, 0.29) is 5.69 Å². The van der Waals surface area contributed by atoms with Gasteiger partial charge in [-0.1, -0.05) is 17.7 Å². The Hall–Kier alpha value is -1.55. The molecule has 1 aromatic carbocycles. The van der Waals surface area contributed by atoms with Crippen molar-refractivity contribution in [2.75, 3.05) is 13.1 Å². The van der Waals surface area contributed by atoms with Crippen LogP contribution in [0.25, 0.3) is 6.08 Å². The van der Waals surface area contributed by atoms with Crippen LogP contribution in [0, 0.1) is 10.1 Å². The SMILES string of the molecule is O=[N+]([O-])c1cccc(Cl)c1/C=C/N1CCCC1. The highest BCUT2D eigenvalue weighted by Gasteiger charge is 2.14. The van der Waals surface area contributed by atoms with Crippen LogP contribution in [0.5, 0.6) is 0 Å². The molecule has 0 unspecified atom stereocenters. The van der Waals surface area contributed by atoms with E-state index in [1.54, 1.807) is 18.2 Å². The van der Waals surface area contributed by atoms with Gasteiger partial charge in [0.1, 0.15) is 0 Å². The summed E-state index contributed by atoms with van der Waals surface area (Å²) in [7, 11) is 0. The highest BCUT2D eigenvalue weighted by molar-refractivity contribution is 6.32. The minimum Gasteiger partial charge on any atom is -0.377 e. The number of halogens is 1. The number of benzene rings is 1. The van der Waals surface area contributed by atoms with E-state index in [2.05, 4.69) is 4.90 Å². The normalized spacial score (nSPS) is 15.7. The third kappa shape index (κ3) is 2.77. The quantitative estimate of drug-likeness (QED) is 0.612. The molecule has 1 aliphatic rings. The zero-order chi connectivity index (χ0) is 12.3. The molecule has 1 aliphatic heterocycles. The number of hydrogen-bond acceptors (Lipinski definition) is 3. The Balaban J connectivity index is 2.27. The molecule has 0 bridgehead atoms. The maximum atomic E-state index is 10.9. The van der Waals surface area contributed by atoms with E-state index in [1.165, 1.54) is 18.9 Å². The minimum atomic E-state index is -0.407. The molecule has 1 aromatic rings. The molecule has 4 nitrogen and oxygen atoms in total. The summed E-state index contributed by atoms with van der Waals surface area (Å²) in [5, 5.41) is 11.3. The Kier molecular flexibility index (Phi) is 3.64. The van der Waals surface area contributed by atoms with Crippen LogP contribution in [0.3, 0.4) is 0 Å². The van der Waals surface area contributed by atoms with Crippen molar-refractivity contribution in [3.8, 4) is 0 Å². The molecule has 0 amide bonds. The van der Waals surface area contributed by atoms with E-state index in [1.807, 2.05) is 6.20 Å². The van der Waals surface area contributed by atoms with Gasteiger partial charge < -0.3 is 4.90 Å². The smallest absolute Gasteiger partial charge is 0.278 e. The fraction of sp³-hybridized carbons (Fsp3) is 0.333. The molecule has 0 saturated carbocycles. The van der Waals surface area contributed by atoms with Crippen LogP contribution < -0.4 is 0 Å². The number of nitro benzene ring substituents is 1. The molecule has 0 N–H and O–H groups in total. The van der Waals surface area contributed by atoms with Gasteiger partial charge in [0.2, 0.25) is 0 Å². The van der Waals surface area contributed by atoms with Gasteiger partial charge in [0, 0.05) is 19.2 Å². The Bertz CT molecular complexity index is 454. The van der Waals surface area contributed by atoms with Gasteiger partial charge in [-0.2, -0.15) is 0 Å². The molecule has 0 radical (unpaired) electrons. The van der Waals surface area contributed by atoms with Crippen molar-refractivity contribution < 1.29 is 4.92 Å². The summed E-state index contributed by atoms with van der Waals surface area (Å²) in [6.07, 6.45) is 5.97. The standard InChI is InChI=1S/C12H13ClN2O2/c13-11-4-3-5-12(15(16)17)10(11)6-9-14-7-1-2-8-14/h3-6,9H,1-2,7-8H2/b9-6+. The van der Waals surface area contributed by atoms with E-state index in [9.17, 15) is 10.1 Å². The Morgan fingerprint density at radius 2 is 2.06 bits per heavy atom. The van der Waals surface area contributed by atoms with Crippen molar-refractivity contribution in [1.82, 2.24) is 4.90 Å². The van der Waals surface area contributed by atoms with Crippen molar-refractivity contribution >= 4 is 23.4 Å². The lowest BCUT2D eigenvalue weighted by Crippen LogP contribution is -2.10. The molecular weight excluding hydrogens is 240 g/mol. The van der Waals surface area contributed by atoms with Gasteiger partial charge in [0.25, 0.3) is 5.69 Å². The highest BCUT2D eigenvalue weighted by atomic mass is 35.5. The molecule has 2 rings (SSSR count). The number of hydrogen-bond donors (Lipinski definition) is 0. The van der Waals surface area contributed by atoms with Gasteiger partial charge in [0.05, 0.1) is 15.5 Å². The Labute approximate surface area is 105 Å². The van der Waals surface area contributed by atoms with E-state index in [4.69, 9.17) is 11.6 Å². The summed E-state index contributed by atoms with van der Waals surface area (Å²) in [6, 6.07) is 4.72. The molecule has 90 valence electrons. The van der Waals surface area contributed by atoms with Crippen molar-refractivity contribution in [2.45, 2.75) is 12.8 Å². The molecule has 0 spiro atoms. The van der Waals surface area contributed by atoms with Crippen LogP contribution in [0.1, 0.15) is 18.4 Å². The lowest BCUT2D eigenvalue weighted by Gasteiger charge is -2.10. The summed E-state index contributed by atoms with van der Waals surface area (Å²) in [6.45, 7) is 2.02. The molecule has 1 saturated heterocycles. The van der Waals surface area contributed by atoms with Crippen LogP contribution in [0.2, 0.25) is 5.02 Å². The summed E-state index contributed by atoms with van der Waals surface area (Å²) in [5.74, 6) is 0. The average molecular weight is 253 g/mol. The maximum absolute atomic E-state index is 10.9. The van der Waals surface area contributed by atoms with Gasteiger partial charge in [-0.15, -0.1) is 0 Å². The molecule has 5 heteroatoms. The van der Waals surface area contributed by atoms with E-state index < -0.39 is 4.92 Å². The minimum absolute atomic E-state index is 0.0490. The first-order valence-electron chi connectivity index (χ1n) is 5.53. The van der Waals surface area contributed by atoms with Crippen molar-refractivity contribution in [2.24, 2.45) is 0 Å². The first kappa shape index (κ1) is 11.9. The number of nitrogens with zero attached hydrogens (tertiary/aromatic N) is 2. The summed E-state index contributed by atoms with van der Waals surface area (Å²) in [5.41, 5.74) is 0.527. The predicted molar refractivity (Wildman–Crippen MR) is 67.9 cm³/mol. The Morgan fingerprint density at radius 3 is 2.71 bits per heavy atom. The Morgan fingerprint density at radius 1 is 1.35 bits per heavy atom. The second-order valence-corrected chi connectivity index (χ2v) is 4.40. The molecule has 0 aromatic heterocycles. The second kappa shape index (κ2) is 5.19. The van der Waals surface area contributed by atoms with Crippen LogP contribution in [0.15, 0.2) is 24.4 Å². The molecule has 1 fully saturated rings. The number of likely N-dealkylation sites (tertiary alicyclic amines) is 1. The zero-order valence-electron chi connectivity index (χ0n) is 9.30. The fourth-order valence-corrected chi connectivity index (χ4v) is 2.15. The van der Waals surface area contributed by atoms with Gasteiger partial charge >= 0.3 is 0 Å². The second-order valence-electron chi connectivity index (χ2n) is 3.99. The van der Waals surface area contributed by atoms with Crippen LogP contribution in [0.4, 0.5) is 5.69 Å². The van der Waals surface area contributed by atoms with Gasteiger partial charge in [-0.05, 0) is 31.2 Å². The third-order valence-corrected chi connectivity index (χ3v) is 3.15. The lowest BCUT2D eigenvalue weighted by molar-refractivity contribution is -0.385. The van der Waals surface area contributed by atoms with Crippen LogP contribution >= 0.6 is 11.6 Å². The van der Waals surface area contributed by atoms with Crippen molar-refractivity contribution in [1.29, 1.82) is 0 Å². The molecule has 1 heterocycles. The topological polar surface area (TPSA) is 46.4 Å². The summed E-state index contributed by atoms with van der Waals surface area (Å²) in [4.78, 5) is 12.6. The van der Waals surface area contributed by atoms with Crippen molar-refractivity contribution in [3.63, 3.8) is 0 Å². The third-order valence-electron chi connectivity index (χ3n) is 2.82. The largest absolute Gasteiger partial charge is 0.377 e. The van der Waals surface area contributed by atoms with Gasteiger partial charge in [0.15, 0.2) is 0 Å². The highest BCUT2D eigenvalue weighted by Crippen LogP contribution is 2.27. The zero-order valence-corrected chi connectivity index (χ0v) is 10.1. The first-order valence-corrected chi connectivity index (χ1v) is 5.91. The predicted octanol–water partition coefficient (Wildman–Crippen LogP) is 3.31. The first-order chi connectivity index (χ1) is 8.18. The van der Waals surface area contributed by atoms with Crippen molar-refractivity contribution in [3.05, 3.63) is 45.1 Å². The van der Waals surface area contributed by atoms with Gasteiger partial charge in [-0.3, -0.25) is 10.1 Å².